The van der Waals surface area contributed by atoms with E-state index in [2.05, 4.69) is 10.4 Å². The summed E-state index contributed by atoms with van der Waals surface area (Å²) in [5.41, 5.74) is 1.53. The fraction of sp³-hybridized carbons (Fsp3) is 0.412. The van der Waals surface area contributed by atoms with Gasteiger partial charge < -0.3 is 19.7 Å². The predicted molar refractivity (Wildman–Crippen MR) is 92.5 cm³/mol. The topological polar surface area (TPSA) is 68.6 Å². The molecule has 0 spiro atoms. The number of anilines is 1. The average Bonchev–Trinajstić information content (AvgIpc) is 3.13. The highest BCUT2D eigenvalue weighted by molar-refractivity contribution is 5.91. The van der Waals surface area contributed by atoms with Gasteiger partial charge in [0.2, 0.25) is 0 Å². The van der Waals surface area contributed by atoms with Gasteiger partial charge in [0.15, 0.2) is 0 Å². The number of hydrogen-bond acceptors (Lipinski definition) is 4. The van der Waals surface area contributed by atoms with Crippen LogP contribution < -0.4 is 5.32 Å². The molecule has 0 aliphatic carbocycles. The first-order valence-corrected chi connectivity index (χ1v) is 7.89. The Morgan fingerprint density at radius 1 is 1.17 bits per heavy atom. The van der Waals surface area contributed by atoms with Crippen molar-refractivity contribution in [3.05, 3.63) is 42.7 Å². The van der Waals surface area contributed by atoms with Gasteiger partial charge in [-0.25, -0.2) is 9.48 Å². The van der Waals surface area contributed by atoms with E-state index in [0.29, 0.717) is 32.0 Å². The Kier molecular flexibility index (Phi) is 7.25. The number of methoxy groups -OCH3 is 2. The molecule has 7 heteroatoms. The molecule has 24 heavy (non-hydrogen) atoms. The van der Waals surface area contributed by atoms with Gasteiger partial charge in [-0.1, -0.05) is 12.1 Å². The molecule has 0 aliphatic heterocycles. The van der Waals surface area contributed by atoms with Gasteiger partial charge in [-0.05, 0) is 24.6 Å². The largest absolute Gasteiger partial charge is 0.385 e. The SMILES string of the molecule is COCCCN(CCOC)C(=O)Nc1ccccc1-n1cccn1. The van der Waals surface area contributed by atoms with Crippen molar-refractivity contribution in [2.24, 2.45) is 0 Å². The van der Waals surface area contributed by atoms with Crippen LogP contribution in [0.1, 0.15) is 6.42 Å². The first-order chi connectivity index (χ1) is 11.8. The van der Waals surface area contributed by atoms with Gasteiger partial charge in [0.05, 0.1) is 18.0 Å². The Morgan fingerprint density at radius 3 is 2.67 bits per heavy atom. The number of benzene rings is 1. The molecule has 0 bridgehead atoms. The minimum absolute atomic E-state index is 0.164. The summed E-state index contributed by atoms with van der Waals surface area (Å²) >= 11 is 0. The average molecular weight is 332 g/mol. The summed E-state index contributed by atoms with van der Waals surface area (Å²) < 4.78 is 11.9. The standard InChI is InChI=1S/C17H24N4O3/c1-23-13-6-10-20(12-14-24-2)17(22)19-15-7-3-4-8-16(15)21-11-5-9-18-21/h3-5,7-9,11H,6,10,12-14H2,1-2H3,(H,19,22). The molecule has 0 saturated carbocycles. The van der Waals surface area contributed by atoms with E-state index in [9.17, 15) is 4.79 Å². The van der Waals surface area contributed by atoms with Crippen molar-refractivity contribution in [2.45, 2.75) is 6.42 Å². The fourth-order valence-electron chi connectivity index (χ4n) is 2.30. The first kappa shape index (κ1) is 18.0. The molecule has 0 aliphatic rings. The Morgan fingerprint density at radius 2 is 1.96 bits per heavy atom. The first-order valence-electron chi connectivity index (χ1n) is 7.89. The number of nitrogens with one attached hydrogen (secondary N) is 1. The van der Waals surface area contributed by atoms with Crippen LogP contribution in [0.4, 0.5) is 10.5 Å². The van der Waals surface area contributed by atoms with Crippen molar-refractivity contribution >= 4 is 11.7 Å². The lowest BCUT2D eigenvalue weighted by Gasteiger charge is -2.23. The zero-order chi connectivity index (χ0) is 17.2. The molecule has 2 rings (SSSR count). The van der Waals surface area contributed by atoms with E-state index in [-0.39, 0.29) is 6.03 Å². The van der Waals surface area contributed by atoms with E-state index >= 15 is 0 Å². The van der Waals surface area contributed by atoms with Gasteiger partial charge >= 0.3 is 6.03 Å². The van der Waals surface area contributed by atoms with Crippen LogP contribution >= 0.6 is 0 Å². The van der Waals surface area contributed by atoms with Crippen molar-refractivity contribution in [1.29, 1.82) is 0 Å². The number of rotatable bonds is 9. The van der Waals surface area contributed by atoms with E-state index in [4.69, 9.17) is 9.47 Å². The van der Waals surface area contributed by atoms with Gasteiger partial charge in [-0.2, -0.15) is 5.10 Å². The lowest BCUT2D eigenvalue weighted by Crippen LogP contribution is -2.38. The van der Waals surface area contributed by atoms with Gasteiger partial charge in [0.1, 0.15) is 0 Å². The second kappa shape index (κ2) is 9.69. The summed E-state index contributed by atoms with van der Waals surface area (Å²) in [5, 5.41) is 7.19. The number of carbonyl (C=O) groups excluding carboxylic acids is 1. The zero-order valence-corrected chi connectivity index (χ0v) is 14.1. The summed E-state index contributed by atoms with van der Waals surface area (Å²) in [6, 6.07) is 9.24. The maximum absolute atomic E-state index is 12.6. The van der Waals surface area contributed by atoms with Crippen LogP contribution in [0.15, 0.2) is 42.7 Å². The summed E-state index contributed by atoms with van der Waals surface area (Å²) in [4.78, 5) is 14.3. The quantitative estimate of drug-likeness (QED) is 0.716. The molecule has 1 heterocycles. The number of urea groups is 1. The van der Waals surface area contributed by atoms with Gasteiger partial charge in [0.25, 0.3) is 0 Å². The molecule has 1 aromatic heterocycles. The normalized spacial score (nSPS) is 10.6. The minimum atomic E-state index is -0.164. The number of ether oxygens (including phenoxy) is 2. The molecule has 0 fully saturated rings. The molecular formula is C17H24N4O3. The molecule has 0 radical (unpaired) electrons. The van der Waals surface area contributed by atoms with Crippen molar-refractivity contribution < 1.29 is 14.3 Å². The molecule has 1 aromatic carbocycles. The molecule has 0 saturated heterocycles. The monoisotopic (exact) mass is 332 g/mol. The molecule has 0 atom stereocenters. The van der Waals surface area contributed by atoms with E-state index in [1.807, 2.05) is 36.5 Å². The van der Waals surface area contributed by atoms with Crippen LogP contribution in [0.2, 0.25) is 0 Å². The number of hydrogen-bond donors (Lipinski definition) is 1. The highest BCUT2D eigenvalue weighted by Crippen LogP contribution is 2.19. The van der Waals surface area contributed by atoms with Crippen molar-refractivity contribution in [3.63, 3.8) is 0 Å². The molecule has 1 N–H and O–H groups in total. The predicted octanol–water partition coefficient (Wildman–Crippen LogP) is 2.39. The summed E-state index contributed by atoms with van der Waals surface area (Å²) in [7, 11) is 3.28. The number of aromatic nitrogens is 2. The van der Waals surface area contributed by atoms with Crippen LogP contribution in [0.3, 0.4) is 0 Å². The van der Waals surface area contributed by atoms with E-state index in [1.165, 1.54) is 0 Å². The Bertz CT molecular complexity index is 616. The van der Waals surface area contributed by atoms with Crippen LogP contribution in [-0.2, 0) is 9.47 Å². The highest BCUT2D eigenvalue weighted by Gasteiger charge is 2.15. The highest BCUT2D eigenvalue weighted by atomic mass is 16.5. The van der Waals surface area contributed by atoms with Crippen LogP contribution in [0.25, 0.3) is 5.69 Å². The Labute approximate surface area is 142 Å². The Balaban J connectivity index is 2.08. The van der Waals surface area contributed by atoms with Crippen molar-refractivity contribution in [1.82, 2.24) is 14.7 Å². The third-order valence-electron chi connectivity index (χ3n) is 3.53. The maximum atomic E-state index is 12.6. The Hall–Kier alpha value is -2.38. The van der Waals surface area contributed by atoms with E-state index in [1.54, 1.807) is 30.0 Å². The second-order valence-electron chi connectivity index (χ2n) is 5.22. The minimum Gasteiger partial charge on any atom is -0.385 e. The lowest BCUT2D eigenvalue weighted by atomic mass is 10.2. The van der Waals surface area contributed by atoms with E-state index < -0.39 is 0 Å². The summed E-state index contributed by atoms with van der Waals surface area (Å²) in [6.45, 7) is 2.23. The molecule has 7 nitrogen and oxygen atoms in total. The molecular weight excluding hydrogens is 308 g/mol. The fourth-order valence-corrected chi connectivity index (χ4v) is 2.30. The lowest BCUT2D eigenvalue weighted by molar-refractivity contribution is 0.143. The molecule has 0 unspecified atom stereocenters. The third kappa shape index (κ3) is 5.07. The zero-order valence-electron chi connectivity index (χ0n) is 14.1. The smallest absolute Gasteiger partial charge is 0.321 e. The second-order valence-corrected chi connectivity index (χ2v) is 5.22. The van der Waals surface area contributed by atoms with E-state index in [0.717, 1.165) is 12.1 Å². The number of carbonyl (C=O) groups is 1. The van der Waals surface area contributed by atoms with Crippen LogP contribution in [0, 0.1) is 0 Å². The molecule has 2 aromatic rings. The number of para-hydroxylation sites is 2. The van der Waals surface area contributed by atoms with Gasteiger partial charge in [-0.3, -0.25) is 0 Å². The number of amides is 2. The van der Waals surface area contributed by atoms with Gasteiger partial charge in [0, 0.05) is 46.3 Å². The molecule has 2 amide bonds. The van der Waals surface area contributed by atoms with Crippen molar-refractivity contribution in [3.8, 4) is 5.69 Å². The third-order valence-corrected chi connectivity index (χ3v) is 3.53. The van der Waals surface area contributed by atoms with Gasteiger partial charge in [-0.15, -0.1) is 0 Å². The van der Waals surface area contributed by atoms with Crippen LogP contribution in [0.5, 0.6) is 0 Å². The maximum Gasteiger partial charge on any atom is 0.321 e. The van der Waals surface area contributed by atoms with Crippen molar-refractivity contribution in [2.75, 3.05) is 45.8 Å². The summed E-state index contributed by atoms with van der Waals surface area (Å²) in [5.74, 6) is 0. The number of nitrogens with zero attached hydrogens (tertiary/aromatic N) is 3. The molecule has 130 valence electrons. The van der Waals surface area contributed by atoms with Crippen LogP contribution in [-0.4, -0.2) is 61.2 Å². The summed E-state index contributed by atoms with van der Waals surface area (Å²) in [6.07, 6.45) is 4.31.